The molecule has 1 fully saturated rings. The summed E-state index contributed by atoms with van der Waals surface area (Å²) in [6.07, 6.45) is 2.04. The van der Waals surface area contributed by atoms with E-state index in [1.807, 2.05) is 20.8 Å². The minimum atomic E-state index is -1.04. The zero-order valence-electron chi connectivity index (χ0n) is 13.4. The molecule has 22 heavy (non-hydrogen) atoms. The van der Waals surface area contributed by atoms with Gasteiger partial charge in [0.2, 0.25) is 0 Å². The normalized spacial score (nSPS) is 18.1. The van der Waals surface area contributed by atoms with Crippen molar-refractivity contribution in [2.45, 2.75) is 51.4 Å². The lowest BCUT2D eigenvalue weighted by Gasteiger charge is -2.38. The van der Waals surface area contributed by atoms with Crippen molar-refractivity contribution in [2.24, 2.45) is 0 Å². The predicted octanol–water partition coefficient (Wildman–Crippen LogP) is 1.79. The van der Waals surface area contributed by atoms with Crippen LogP contribution in [-0.2, 0) is 16.9 Å². The van der Waals surface area contributed by atoms with E-state index in [2.05, 4.69) is 4.98 Å². The number of hydrogen-bond donors (Lipinski definition) is 2. The minimum Gasteiger partial charge on any atom is -0.444 e. The molecule has 6 heteroatoms. The molecule has 6 nitrogen and oxygen atoms in total. The van der Waals surface area contributed by atoms with E-state index in [-0.39, 0.29) is 12.7 Å². The number of aliphatic hydroxyl groups excluding tert-OH is 1. The summed E-state index contributed by atoms with van der Waals surface area (Å²) >= 11 is 0. The quantitative estimate of drug-likeness (QED) is 0.870. The minimum absolute atomic E-state index is 0.0713. The van der Waals surface area contributed by atoms with Crippen molar-refractivity contribution < 1.29 is 19.7 Å². The number of hydrogen-bond acceptors (Lipinski definition) is 5. The molecule has 0 aromatic carbocycles. The molecule has 0 bridgehead atoms. The molecule has 1 aromatic rings. The molecule has 1 saturated heterocycles. The third kappa shape index (κ3) is 3.96. The highest BCUT2D eigenvalue weighted by molar-refractivity contribution is 5.68. The zero-order valence-corrected chi connectivity index (χ0v) is 13.4. The number of likely N-dealkylation sites (tertiary alicyclic amines) is 1. The van der Waals surface area contributed by atoms with Crippen molar-refractivity contribution in [1.29, 1.82) is 0 Å². The monoisotopic (exact) mass is 308 g/mol. The van der Waals surface area contributed by atoms with Crippen LogP contribution in [0.2, 0.25) is 0 Å². The summed E-state index contributed by atoms with van der Waals surface area (Å²) in [5, 5.41) is 19.8. The average Bonchev–Trinajstić information content (AvgIpc) is 2.46. The molecule has 2 rings (SSSR count). The second kappa shape index (κ2) is 6.22. The topological polar surface area (TPSA) is 82.9 Å². The van der Waals surface area contributed by atoms with E-state index in [4.69, 9.17) is 9.84 Å². The van der Waals surface area contributed by atoms with Crippen LogP contribution in [0.3, 0.4) is 0 Å². The van der Waals surface area contributed by atoms with Gasteiger partial charge >= 0.3 is 6.09 Å². The molecule has 1 aliphatic rings. The van der Waals surface area contributed by atoms with Gasteiger partial charge in [-0.25, -0.2) is 4.79 Å². The Hall–Kier alpha value is -1.66. The number of pyridine rings is 1. The summed E-state index contributed by atoms with van der Waals surface area (Å²) in [6.45, 7) is 6.27. The highest BCUT2D eigenvalue weighted by atomic mass is 16.6. The second-order valence-electron chi connectivity index (χ2n) is 6.71. The molecule has 0 aliphatic carbocycles. The standard InChI is InChI=1S/C16H24N2O4/c1-15(2,3)22-14(20)18-8-6-16(21,7-9-18)13-5-4-12(11-19)10-17-13/h4-5,10,19,21H,6-9,11H2,1-3H3. The SMILES string of the molecule is CC(C)(C)OC(=O)N1CCC(O)(c2ccc(CO)cn2)CC1. The molecule has 1 amide bonds. The molecule has 0 saturated carbocycles. The molecule has 0 spiro atoms. The molecule has 122 valence electrons. The van der Waals surface area contributed by atoms with Gasteiger partial charge < -0.3 is 19.8 Å². The maximum atomic E-state index is 12.0. The number of nitrogens with zero attached hydrogens (tertiary/aromatic N) is 2. The number of amides is 1. The van der Waals surface area contributed by atoms with Gasteiger partial charge in [-0.15, -0.1) is 0 Å². The smallest absolute Gasteiger partial charge is 0.410 e. The van der Waals surface area contributed by atoms with Gasteiger partial charge in [0.05, 0.1) is 12.3 Å². The van der Waals surface area contributed by atoms with Crippen LogP contribution < -0.4 is 0 Å². The summed E-state index contributed by atoms with van der Waals surface area (Å²) < 4.78 is 5.34. The van der Waals surface area contributed by atoms with Gasteiger partial charge in [0.1, 0.15) is 11.2 Å². The van der Waals surface area contributed by atoms with E-state index in [0.29, 0.717) is 37.2 Å². The Balaban J connectivity index is 1.99. The largest absolute Gasteiger partial charge is 0.444 e. The Labute approximate surface area is 130 Å². The fraction of sp³-hybridized carbons (Fsp3) is 0.625. The number of piperidine rings is 1. The summed E-state index contributed by atoms with van der Waals surface area (Å²) in [5.41, 5.74) is -0.272. The van der Waals surface area contributed by atoms with E-state index >= 15 is 0 Å². The van der Waals surface area contributed by atoms with Crippen molar-refractivity contribution in [1.82, 2.24) is 9.88 Å². The lowest BCUT2D eigenvalue weighted by molar-refractivity contribution is -0.0381. The molecule has 2 heterocycles. The van der Waals surface area contributed by atoms with Crippen molar-refractivity contribution in [3.8, 4) is 0 Å². The Kier molecular flexibility index (Phi) is 4.72. The van der Waals surface area contributed by atoms with Gasteiger partial charge in [-0.05, 0) is 45.2 Å². The lowest BCUT2D eigenvalue weighted by Crippen LogP contribution is -2.47. The lowest BCUT2D eigenvalue weighted by atomic mass is 9.88. The van der Waals surface area contributed by atoms with E-state index in [9.17, 15) is 9.90 Å². The fourth-order valence-electron chi connectivity index (χ4n) is 2.44. The van der Waals surface area contributed by atoms with Crippen molar-refractivity contribution in [3.05, 3.63) is 29.6 Å². The van der Waals surface area contributed by atoms with Crippen LogP contribution in [0.5, 0.6) is 0 Å². The van der Waals surface area contributed by atoms with Crippen LogP contribution in [-0.4, -0.2) is 44.9 Å². The van der Waals surface area contributed by atoms with Crippen molar-refractivity contribution in [2.75, 3.05) is 13.1 Å². The molecule has 0 radical (unpaired) electrons. The Bertz CT molecular complexity index is 514. The summed E-state index contributed by atoms with van der Waals surface area (Å²) in [4.78, 5) is 17.9. The van der Waals surface area contributed by atoms with Gasteiger partial charge in [-0.1, -0.05) is 6.07 Å². The summed E-state index contributed by atoms with van der Waals surface area (Å²) in [7, 11) is 0. The Morgan fingerprint density at radius 1 is 1.36 bits per heavy atom. The number of aromatic nitrogens is 1. The highest BCUT2D eigenvalue weighted by Crippen LogP contribution is 2.32. The fourth-order valence-corrected chi connectivity index (χ4v) is 2.44. The number of ether oxygens (including phenoxy) is 1. The Morgan fingerprint density at radius 2 is 2.00 bits per heavy atom. The third-order valence-corrected chi connectivity index (χ3v) is 3.73. The van der Waals surface area contributed by atoms with Crippen LogP contribution in [0.15, 0.2) is 18.3 Å². The van der Waals surface area contributed by atoms with Gasteiger partial charge in [-0.2, -0.15) is 0 Å². The average molecular weight is 308 g/mol. The van der Waals surface area contributed by atoms with Gasteiger partial charge in [0.25, 0.3) is 0 Å². The maximum Gasteiger partial charge on any atom is 0.410 e. The first kappa shape index (κ1) is 16.7. The van der Waals surface area contributed by atoms with Crippen LogP contribution in [0.4, 0.5) is 4.79 Å². The molecule has 1 aliphatic heterocycles. The molecular formula is C16H24N2O4. The van der Waals surface area contributed by atoms with E-state index in [0.717, 1.165) is 0 Å². The number of aliphatic hydroxyl groups is 2. The van der Waals surface area contributed by atoms with Gasteiger partial charge in [-0.3, -0.25) is 4.98 Å². The molecule has 0 atom stereocenters. The summed E-state index contributed by atoms with van der Waals surface area (Å²) in [5.74, 6) is 0. The van der Waals surface area contributed by atoms with Crippen LogP contribution >= 0.6 is 0 Å². The van der Waals surface area contributed by atoms with Crippen LogP contribution in [0.25, 0.3) is 0 Å². The van der Waals surface area contributed by atoms with E-state index < -0.39 is 11.2 Å². The number of carbonyl (C=O) groups is 1. The van der Waals surface area contributed by atoms with Crippen LogP contribution in [0, 0.1) is 0 Å². The van der Waals surface area contributed by atoms with E-state index in [1.165, 1.54) is 0 Å². The van der Waals surface area contributed by atoms with Gasteiger partial charge in [0, 0.05) is 19.3 Å². The third-order valence-electron chi connectivity index (χ3n) is 3.73. The first-order chi connectivity index (χ1) is 10.2. The first-order valence-electron chi connectivity index (χ1n) is 7.50. The summed E-state index contributed by atoms with van der Waals surface area (Å²) in [6, 6.07) is 3.48. The molecule has 1 aromatic heterocycles. The molecular weight excluding hydrogens is 284 g/mol. The highest BCUT2D eigenvalue weighted by Gasteiger charge is 2.37. The second-order valence-corrected chi connectivity index (χ2v) is 6.71. The molecule has 2 N–H and O–H groups in total. The first-order valence-corrected chi connectivity index (χ1v) is 7.50. The number of rotatable bonds is 2. The Morgan fingerprint density at radius 3 is 2.45 bits per heavy atom. The van der Waals surface area contributed by atoms with Gasteiger partial charge in [0.15, 0.2) is 0 Å². The maximum absolute atomic E-state index is 12.0. The van der Waals surface area contributed by atoms with Crippen molar-refractivity contribution in [3.63, 3.8) is 0 Å². The molecule has 0 unspecified atom stereocenters. The van der Waals surface area contributed by atoms with E-state index in [1.54, 1.807) is 23.2 Å². The zero-order chi connectivity index (χ0) is 16.4. The predicted molar refractivity (Wildman–Crippen MR) is 81.1 cm³/mol. The van der Waals surface area contributed by atoms with Crippen LogP contribution in [0.1, 0.15) is 44.9 Å². The number of carbonyl (C=O) groups excluding carboxylic acids is 1. The van der Waals surface area contributed by atoms with Crippen molar-refractivity contribution >= 4 is 6.09 Å².